The summed E-state index contributed by atoms with van der Waals surface area (Å²) < 4.78 is 24.5. The van der Waals surface area contributed by atoms with Crippen molar-refractivity contribution in [2.24, 2.45) is 19.5 Å². The molecule has 2 aliphatic rings. The van der Waals surface area contributed by atoms with Crippen LogP contribution in [0.25, 0.3) is 85.6 Å². The highest BCUT2D eigenvalue weighted by molar-refractivity contribution is 9.10. The minimum Gasteiger partial charge on any atom is -0.479 e. The number of carboxylic acids is 1. The van der Waals surface area contributed by atoms with Gasteiger partial charge in [0.05, 0.1) is 49.3 Å². The second-order valence-corrected chi connectivity index (χ2v) is 27.5. The molecule has 6 aromatic carbocycles. The summed E-state index contributed by atoms with van der Waals surface area (Å²) >= 11 is 19.3. The summed E-state index contributed by atoms with van der Waals surface area (Å²) in [4.78, 5) is 40.9. The van der Waals surface area contributed by atoms with Crippen molar-refractivity contribution in [1.29, 1.82) is 0 Å². The van der Waals surface area contributed by atoms with E-state index in [4.69, 9.17) is 52.5 Å². The monoisotopic (exact) mass is 1250 g/mol. The summed E-state index contributed by atoms with van der Waals surface area (Å²) in [6, 6.07) is 31.8. The Morgan fingerprint density at radius 2 is 1.10 bits per heavy atom. The zero-order chi connectivity index (χ0) is 59.2. The first-order chi connectivity index (χ1) is 39.3. The Kier molecular flexibility index (Phi) is 15.7. The Bertz CT molecular complexity index is 4170. The molecule has 0 aliphatic carbocycles. The summed E-state index contributed by atoms with van der Waals surface area (Å²) in [5, 5.41) is 24.9. The van der Waals surface area contributed by atoms with E-state index in [1.807, 2.05) is 140 Å². The average Bonchev–Trinajstić information content (AvgIpc) is 3.47. The lowest BCUT2D eigenvalue weighted by atomic mass is 9.73. The number of anilines is 1. The normalized spacial score (nSPS) is 15.2. The van der Waals surface area contributed by atoms with E-state index < -0.39 is 35.3 Å². The Hall–Kier alpha value is -6.28. The third-order valence-electron chi connectivity index (χ3n) is 15.0. The topological polar surface area (TPSA) is 150 Å². The van der Waals surface area contributed by atoms with Crippen molar-refractivity contribution in [3.8, 4) is 43.4 Å². The predicted molar refractivity (Wildman–Crippen MR) is 340 cm³/mol. The molecule has 0 radical (unpaired) electrons. The van der Waals surface area contributed by atoms with Gasteiger partial charge < -0.3 is 29.1 Å². The fourth-order valence-corrected chi connectivity index (χ4v) is 14.8. The number of halogens is 3. The lowest BCUT2D eigenvalue weighted by Crippen LogP contribution is -2.71. The van der Waals surface area contributed by atoms with Crippen LogP contribution in [0.15, 0.2) is 102 Å². The van der Waals surface area contributed by atoms with Crippen LogP contribution in [0, 0.1) is 19.3 Å². The molecule has 2 fully saturated rings. The van der Waals surface area contributed by atoms with E-state index in [9.17, 15) is 14.7 Å². The van der Waals surface area contributed by atoms with E-state index in [1.165, 1.54) is 0 Å². The van der Waals surface area contributed by atoms with Crippen LogP contribution in [0.4, 0.5) is 5.82 Å². The van der Waals surface area contributed by atoms with Gasteiger partial charge in [-0.1, -0.05) is 47.5 Å². The Balaban J connectivity index is 0.000000175. The van der Waals surface area contributed by atoms with Gasteiger partial charge in [0.2, 0.25) is 0 Å². The highest BCUT2D eigenvalue weighted by atomic mass is 79.9. The van der Waals surface area contributed by atoms with Crippen molar-refractivity contribution in [3.63, 3.8) is 0 Å². The van der Waals surface area contributed by atoms with Crippen molar-refractivity contribution in [1.82, 2.24) is 34.4 Å². The van der Waals surface area contributed by atoms with Gasteiger partial charge in [0.15, 0.2) is 18.0 Å². The number of aliphatic carboxylic acids is 1. The number of rotatable bonds is 12. The molecule has 430 valence electrons. The number of carbonyl (C=O) groups excluding carboxylic acids is 1. The molecule has 14 nitrogen and oxygen atoms in total. The molecule has 10 aromatic rings. The number of fused-ring (bicyclic) bond motifs is 4. The summed E-state index contributed by atoms with van der Waals surface area (Å²) in [6.07, 6.45) is -2.06. The van der Waals surface area contributed by atoms with E-state index >= 15 is 0 Å². The van der Waals surface area contributed by atoms with Gasteiger partial charge in [-0.05, 0) is 180 Å². The second-order valence-electron chi connectivity index (χ2n) is 23.9. The highest BCUT2D eigenvalue weighted by Gasteiger charge is 2.51. The lowest BCUT2D eigenvalue weighted by molar-refractivity contribution is -0.166. The standard InChI is InChI=1S/C34H36ClN5O3S.C30H29BrClN3O3S/c1-19-13-24-29(27(20-7-10-22(35)11-8-20)26(19)28(32(41)42)43-33(2,3)4)44-31(36-24)21-9-12-25-23(14-21)30(37-39(25)6)40-17-34(18-40)15-38(5)16-34;1-7-37-29(36)25(38-30(3,4)5)23-16(2)14-21-26(24(23)17-8-11-19(32)12-9-17)39-28(33-21)18-10-13-22-20(15-18)27(31)34-35(22)6/h7-14,28H,15-18H2,1-6H3,(H,41,42);8-15,25H,7H2,1-6H3/t28-;25-/m00/s1. The first-order valence-electron chi connectivity index (χ1n) is 27.5. The van der Waals surface area contributed by atoms with Crippen LogP contribution in [0.5, 0.6) is 0 Å². The molecule has 4 aromatic heterocycles. The number of nitrogens with zero attached hydrogens (tertiary/aromatic N) is 8. The van der Waals surface area contributed by atoms with Crippen molar-refractivity contribution < 1.29 is 28.9 Å². The molecule has 6 heterocycles. The van der Waals surface area contributed by atoms with Crippen molar-refractivity contribution >= 4 is 122 Å². The number of hydrogen-bond acceptors (Lipinski definition) is 13. The largest absolute Gasteiger partial charge is 0.479 e. The van der Waals surface area contributed by atoms with Gasteiger partial charge in [-0.25, -0.2) is 19.6 Å². The Labute approximate surface area is 509 Å². The lowest BCUT2D eigenvalue weighted by Gasteiger charge is -2.59. The molecule has 2 atom stereocenters. The van der Waals surface area contributed by atoms with E-state index in [2.05, 4.69) is 74.3 Å². The van der Waals surface area contributed by atoms with Crippen LogP contribution < -0.4 is 4.90 Å². The van der Waals surface area contributed by atoms with E-state index in [0.29, 0.717) is 21.0 Å². The maximum absolute atomic E-state index is 13.3. The van der Waals surface area contributed by atoms with Gasteiger partial charge in [-0.15, -0.1) is 22.7 Å². The number of carbonyl (C=O) groups is 2. The van der Waals surface area contributed by atoms with E-state index in [-0.39, 0.29) is 6.61 Å². The van der Waals surface area contributed by atoms with Gasteiger partial charge in [-0.2, -0.15) is 10.2 Å². The number of aromatic nitrogens is 6. The molecule has 2 aliphatic heterocycles. The van der Waals surface area contributed by atoms with Crippen LogP contribution >= 0.6 is 61.8 Å². The third-order valence-corrected chi connectivity index (χ3v) is 18.4. The summed E-state index contributed by atoms with van der Waals surface area (Å²) in [7, 11) is 6.10. The maximum Gasteiger partial charge on any atom is 0.339 e. The molecule has 1 N–H and O–H groups in total. The molecule has 0 amide bonds. The number of likely N-dealkylation sites (tertiary alicyclic amines) is 1. The molecule has 0 saturated carbocycles. The zero-order valence-electron chi connectivity index (χ0n) is 48.4. The molecular formula is C64H65BrCl2N8O6S2. The average molecular weight is 1260 g/mol. The van der Waals surface area contributed by atoms with Crippen LogP contribution in [-0.4, -0.2) is 103 Å². The van der Waals surface area contributed by atoms with Crippen molar-refractivity contribution in [3.05, 3.63) is 134 Å². The van der Waals surface area contributed by atoms with Crippen LogP contribution in [0.1, 0.15) is 82.9 Å². The van der Waals surface area contributed by atoms with Crippen LogP contribution in [0.2, 0.25) is 10.0 Å². The number of thiazole rings is 2. The van der Waals surface area contributed by atoms with Crippen molar-refractivity contribution in [2.75, 3.05) is 44.7 Å². The van der Waals surface area contributed by atoms with Crippen molar-refractivity contribution in [2.45, 2.75) is 85.7 Å². The SMILES string of the molecule is CCOC(=O)[C@@H](OC(C)(C)C)c1c(C)cc2nc(-c3ccc4c(c3)c(Br)nn4C)sc2c1-c1ccc(Cl)cc1.Cc1cc2nc(-c3ccc4c(c3)c(N3CC5(CN(C)C5)C3)nn4C)sc2c(-c2ccc(Cl)cc2)c1[C@H](OC(C)(C)C)C(=O)O. The number of ether oxygens (including phenoxy) is 3. The third kappa shape index (κ3) is 11.6. The van der Waals surface area contributed by atoms with Gasteiger partial charge in [0.1, 0.15) is 14.6 Å². The number of aryl methyl sites for hydroxylation is 4. The highest BCUT2D eigenvalue weighted by Crippen LogP contribution is 2.48. The predicted octanol–water partition coefficient (Wildman–Crippen LogP) is 15.8. The Morgan fingerprint density at radius 1 is 0.651 bits per heavy atom. The van der Waals surface area contributed by atoms with Gasteiger partial charge in [0.25, 0.3) is 0 Å². The van der Waals surface area contributed by atoms with E-state index in [0.717, 1.165) is 139 Å². The number of benzene rings is 6. The van der Waals surface area contributed by atoms with E-state index in [1.54, 1.807) is 29.6 Å². The summed E-state index contributed by atoms with van der Waals surface area (Å²) in [5.74, 6) is -0.422. The van der Waals surface area contributed by atoms with Gasteiger partial charge in [-0.3, -0.25) is 9.36 Å². The molecular weight excluding hydrogens is 1190 g/mol. The fourth-order valence-electron chi connectivity index (χ4n) is 11.7. The molecule has 0 bridgehead atoms. The molecule has 19 heteroatoms. The summed E-state index contributed by atoms with van der Waals surface area (Å²) in [5.41, 5.74) is 11.6. The van der Waals surface area contributed by atoms with Gasteiger partial charge >= 0.3 is 11.9 Å². The zero-order valence-corrected chi connectivity index (χ0v) is 53.2. The molecule has 0 unspecified atom stereocenters. The molecule has 12 rings (SSSR count). The minimum atomic E-state index is -1.15. The fraction of sp³-hybridized carbons (Fsp3) is 0.344. The number of esters is 1. The number of hydrogen-bond donors (Lipinski definition) is 1. The van der Waals surface area contributed by atoms with Crippen LogP contribution in [0.3, 0.4) is 0 Å². The maximum atomic E-state index is 13.3. The quantitative estimate of drug-likeness (QED) is 0.116. The molecule has 83 heavy (non-hydrogen) atoms. The summed E-state index contributed by atoms with van der Waals surface area (Å²) in [6.45, 7) is 21.8. The first kappa shape index (κ1) is 58.5. The molecule has 2 saturated heterocycles. The smallest absolute Gasteiger partial charge is 0.339 e. The molecule has 1 spiro atoms. The minimum absolute atomic E-state index is 0.261. The Morgan fingerprint density at radius 3 is 1.57 bits per heavy atom. The number of carboxylic acid groups (broad SMARTS) is 1. The first-order valence-corrected chi connectivity index (χ1v) is 30.6. The van der Waals surface area contributed by atoms with Crippen LogP contribution in [-0.2, 0) is 37.9 Å². The van der Waals surface area contributed by atoms with Gasteiger partial charge in [0, 0.05) is 99.9 Å². The second kappa shape index (κ2) is 22.3.